The van der Waals surface area contributed by atoms with Gasteiger partial charge in [-0.3, -0.25) is 9.78 Å². The third-order valence-electron chi connectivity index (χ3n) is 3.07. The van der Waals surface area contributed by atoms with Crippen LogP contribution in [0.4, 0.5) is 5.69 Å². The SMILES string of the molecule is CSCC[C@@H](N)C(=O)Nc1cc(C)nc2ccccc12. The molecule has 1 atom stereocenters. The number of aromatic nitrogens is 1. The summed E-state index contributed by atoms with van der Waals surface area (Å²) in [5.74, 6) is 0.736. The Morgan fingerprint density at radius 1 is 1.45 bits per heavy atom. The van der Waals surface area contributed by atoms with E-state index >= 15 is 0 Å². The Bertz CT molecular complexity index is 615. The molecule has 0 fully saturated rings. The molecule has 1 heterocycles. The molecule has 0 bridgehead atoms. The molecule has 1 aromatic heterocycles. The van der Waals surface area contributed by atoms with Crippen LogP contribution < -0.4 is 11.1 Å². The van der Waals surface area contributed by atoms with E-state index in [1.807, 2.05) is 43.5 Å². The summed E-state index contributed by atoms with van der Waals surface area (Å²) in [7, 11) is 0. The van der Waals surface area contributed by atoms with Crippen molar-refractivity contribution >= 4 is 34.3 Å². The van der Waals surface area contributed by atoms with Crippen molar-refractivity contribution in [3.63, 3.8) is 0 Å². The first-order valence-corrected chi connectivity index (χ1v) is 7.93. The number of pyridine rings is 1. The minimum atomic E-state index is -0.477. The van der Waals surface area contributed by atoms with Crippen LogP contribution in [0.15, 0.2) is 30.3 Å². The van der Waals surface area contributed by atoms with Gasteiger partial charge in [0, 0.05) is 11.1 Å². The molecule has 0 aliphatic carbocycles. The number of carbonyl (C=O) groups excluding carboxylic acids is 1. The monoisotopic (exact) mass is 289 g/mol. The summed E-state index contributed by atoms with van der Waals surface area (Å²) >= 11 is 1.69. The quantitative estimate of drug-likeness (QED) is 0.887. The zero-order chi connectivity index (χ0) is 14.5. The number of nitrogens with one attached hydrogen (secondary N) is 1. The summed E-state index contributed by atoms with van der Waals surface area (Å²) in [6, 6.07) is 9.15. The van der Waals surface area contributed by atoms with Gasteiger partial charge in [0.05, 0.1) is 17.2 Å². The van der Waals surface area contributed by atoms with E-state index in [1.165, 1.54) is 0 Å². The number of benzene rings is 1. The van der Waals surface area contributed by atoms with Crippen LogP contribution in [-0.4, -0.2) is 28.9 Å². The number of hydrogen-bond acceptors (Lipinski definition) is 4. The van der Waals surface area contributed by atoms with Crippen LogP contribution in [0.3, 0.4) is 0 Å². The third-order valence-corrected chi connectivity index (χ3v) is 3.72. The van der Waals surface area contributed by atoms with Gasteiger partial charge in [-0.1, -0.05) is 18.2 Å². The van der Waals surface area contributed by atoms with Crippen LogP contribution in [0.5, 0.6) is 0 Å². The number of hydrogen-bond donors (Lipinski definition) is 2. The van der Waals surface area contributed by atoms with E-state index in [0.717, 1.165) is 28.0 Å². The highest BCUT2D eigenvalue weighted by atomic mass is 32.2. The summed E-state index contributed by atoms with van der Waals surface area (Å²) in [4.78, 5) is 16.6. The molecule has 0 saturated heterocycles. The first kappa shape index (κ1) is 14.8. The van der Waals surface area contributed by atoms with Crippen LogP contribution in [0.1, 0.15) is 12.1 Å². The highest BCUT2D eigenvalue weighted by molar-refractivity contribution is 7.98. The highest BCUT2D eigenvalue weighted by Gasteiger charge is 2.14. The maximum atomic E-state index is 12.1. The number of thioether (sulfide) groups is 1. The minimum absolute atomic E-state index is 0.144. The fraction of sp³-hybridized carbons (Fsp3) is 0.333. The Balaban J connectivity index is 2.23. The van der Waals surface area contributed by atoms with Crippen LogP contribution in [0.2, 0.25) is 0 Å². The van der Waals surface area contributed by atoms with Crippen molar-refractivity contribution in [2.75, 3.05) is 17.3 Å². The summed E-state index contributed by atoms with van der Waals surface area (Å²) in [5, 5.41) is 3.86. The van der Waals surface area contributed by atoms with Gasteiger partial charge in [-0.15, -0.1) is 0 Å². The first-order valence-electron chi connectivity index (χ1n) is 6.53. The van der Waals surface area contributed by atoms with Gasteiger partial charge < -0.3 is 11.1 Å². The predicted octanol–water partition coefficient (Wildman–Crippen LogP) is 2.56. The molecule has 5 heteroatoms. The lowest BCUT2D eigenvalue weighted by atomic mass is 10.1. The fourth-order valence-electron chi connectivity index (χ4n) is 2.01. The standard InChI is InChI=1S/C15H19N3OS/c1-10-9-14(11-5-3-4-6-13(11)17-10)18-15(19)12(16)7-8-20-2/h3-6,9,12H,7-8,16H2,1-2H3,(H,17,18,19)/t12-/m1/s1. The van der Waals surface area contributed by atoms with Gasteiger partial charge in [0.15, 0.2) is 0 Å². The Morgan fingerprint density at radius 2 is 2.20 bits per heavy atom. The molecule has 0 unspecified atom stereocenters. The third kappa shape index (κ3) is 3.49. The second kappa shape index (κ2) is 6.72. The van der Waals surface area contributed by atoms with E-state index < -0.39 is 6.04 Å². The molecule has 0 saturated carbocycles. The van der Waals surface area contributed by atoms with Gasteiger partial charge in [-0.05, 0) is 37.5 Å². The van der Waals surface area contributed by atoms with Gasteiger partial charge in [-0.25, -0.2) is 0 Å². The van der Waals surface area contributed by atoms with Crippen LogP contribution in [0.25, 0.3) is 10.9 Å². The van der Waals surface area contributed by atoms with Gasteiger partial charge >= 0.3 is 0 Å². The minimum Gasteiger partial charge on any atom is -0.324 e. The van der Waals surface area contributed by atoms with Crippen LogP contribution >= 0.6 is 11.8 Å². The lowest BCUT2D eigenvalue weighted by Crippen LogP contribution is -2.36. The van der Waals surface area contributed by atoms with E-state index in [0.29, 0.717) is 6.42 Å². The number of para-hydroxylation sites is 1. The molecule has 0 aliphatic rings. The first-order chi connectivity index (χ1) is 9.61. The number of nitrogens with two attached hydrogens (primary N) is 1. The average molecular weight is 289 g/mol. The van der Waals surface area contributed by atoms with E-state index in [9.17, 15) is 4.79 Å². The topological polar surface area (TPSA) is 68.0 Å². The molecule has 1 aromatic carbocycles. The van der Waals surface area contributed by atoms with Gasteiger partial charge in [0.2, 0.25) is 5.91 Å². The Hall–Kier alpha value is -1.59. The van der Waals surface area contributed by atoms with Crippen molar-refractivity contribution in [3.8, 4) is 0 Å². The molecule has 106 valence electrons. The number of nitrogens with zero attached hydrogens (tertiary/aromatic N) is 1. The summed E-state index contributed by atoms with van der Waals surface area (Å²) < 4.78 is 0. The zero-order valence-corrected chi connectivity index (χ0v) is 12.5. The Kier molecular flexibility index (Phi) is 4.98. The number of rotatable bonds is 5. The molecule has 0 radical (unpaired) electrons. The van der Waals surface area contributed by atoms with Crippen molar-refractivity contribution in [2.45, 2.75) is 19.4 Å². The number of anilines is 1. The average Bonchev–Trinajstić information content (AvgIpc) is 2.44. The molecule has 2 aromatic rings. The van der Waals surface area contributed by atoms with E-state index in [4.69, 9.17) is 5.73 Å². The largest absolute Gasteiger partial charge is 0.324 e. The van der Waals surface area contributed by atoms with Crippen molar-refractivity contribution in [2.24, 2.45) is 5.73 Å². The number of carbonyl (C=O) groups is 1. The van der Waals surface area contributed by atoms with Crippen LogP contribution in [-0.2, 0) is 4.79 Å². The Morgan fingerprint density at radius 3 is 2.95 bits per heavy atom. The summed E-state index contributed by atoms with van der Waals surface area (Å²) in [6.45, 7) is 1.91. The molecule has 1 amide bonds. The summed E-state index contributed by atoms with van der Waals surface area (Å²) in [5.41, 5.74) is 8.42. The van der Waals surface area contributed by atoms with Crippen molar-refractivity contribution < 1.29 is 4.79 Å². The molecule has 2 rings (SSSR count). The maximum Gasteiger partial charge on any atom is 0.241 e. The second-order valence-corrected chi connectivity index (χ2v) is 5.69. The zero-order valence-electron chi connectivity index (χ0n) is 11.7. The molecular formula is C15H19N3OS. The normalized spacial score (nSPS) is 12.3. The fourth-order valence-corrected chi connectivity index (χ4v) is 2.50. The predicted molar refractivity (Wildman–Crippen MR) is 86.1 cm³/mol. The maximum absolute atomic E-state index is 12.1. The number of amides is 1. The smallest absolute Gasteiger partial charge is 0.241 e. The highest BCUT2D eigenvalue weighted by Crippen LogP contribution is 2.23. The Labute approximate surface area is 123 Å². The second-order valence-electron chi connectivity index (χ2n) is 4.71. The van der Waals surface area contributed by atoms with Crippen molar-refractivity contribution in [3.05, 3.63) is 36.0 Å². The molecule has 3 N–H and O–H groups in total. The van der Waals surface area contributed by atoms with Crippen molar-refractivity contribution in [1.82, 2.24) is 4.98 Å². The molecule has 0 spiro atoms. The van der Waals surface area contributed by atoms with Crippen molar-refractivity contribution in [1.29, 1.82) is 0 Å². The summed E-state index contributed by atoms with van der Waals surface area (Å²) in [6.07, 6.45) is 2.68. The lowest BCUT2D eigenvalue weighted by molar-refractivity contribution is -0.117. The number of aryl methyl sites for hydroxylation is 1. The van der Waals surface area contributed by atoms with E-state index in [-0.39, 0.29) is 5.91 Å². The van der Waals surface area contributed by atoms with Gasteiger partial charge in [0.25, 0.3) is 0 Å². The molecule has 20 heavy (non-hydrogen) atoms. The van der Waals surface area contributed by atoms with E-state index in [2.05, 4.69) is 10.3 Å². The van der Waals surface area contributed by atoms with Crippen LogP contribution in [0, 0.1) is 6.92 Å². The van der Waals surface area contributed by atoms with E-state index in [1.54, 1.807) is 11.8 Å². The molecular weight excluding hydrogens is 270 g/mol. The van der Waals surface area contributed by atoms with Gasteiger partial charge in [0.1, 0.15) is 0 Å². The molecule has 4 nitrogen and oxygen atoms in total. The van der Waals surface area contributed by atoms with Gasteiger partial charge in [-0.2, -0.15) is 11.8 Å². The lowest BCUT2D eigenvalue weighted by Gasteiger charge is -2.13. The number of fused-ring (bicyclic) bond motifs is 1. The molecule has 0 aliphatic heterocycles.